The summed E-state index contributed by atoms with van der Waals surface area (Å²) in [6.45, 7) is 8.50. The first-order valence-electron chi connectivity index (χ1n) is 11.0. The SMILES string of the molecule is CCC(C)C(NC(=O)C(Cc1ccc(O)cc1)NC(=O)C(NC(=O)C(C)N)C(C)C)C(=O)O. The molecule has 5 atom stereocenters. The van der Waals surface area contributed by atoms with E-state index in [1.165, 1.54) is 19.1 Å². The third kappa shape index (κ3) is 8.72. The van der Waals surface area contributed by atoms with Gasteiger partial charge in [-0.2, -0.15) is 0 Å². The Morgan fingerprint density at radius 1 is 0.879 bits per heavy atom. The molecule has 0 radical (unpaired) electrons. The molecule has 0 heterocycles. The van der Waals surface area contributed by atoms with E-state index < -0.39 is 47.9 Å². The monoisotopic (exact) mass is 464 g/mol. The fraction of sp³-hybridized carbons (Fsp3) is 0.565. The highest BCUT2D eigenvalue weighted by molar-refractivity contribution is 5.94. The molecular weight excluding hydrogens is 428 g/mol. The molecule has 1 aromatic rings. The van der Waals surface area contributed by atoms with Crippen LogP contribution in [-0.4, -0.2) is 58.1 Å². The largest absolute Gasteiger partial charge is 0.508 e. The Labute approximate surface area is 194 Å². The Bertz CT molecular complexity index is 825. The normalized spacial score (nSPS) is 15.6. The van der Waals surface area contributed by atoms with Gasteiger partial charge < -0.3 is 31.9 Å². The molecule has 10 nitrogen and oxygen atoms in total. The maximum absolute atomic E-state index is 13.1. The first-order chi connectivity index (χ1) is 15.4. The van der Waals surface area contributed by atoms with Gasteiger partial charge in [0.25, 0.3) is 0 Å². The van der Waals surface area contributed by atoms with E-state index in [-0.39, 0.29) is 24.0 Å². The van der Waals surface area contributed by atoms with Crippen molar-refractivity contribution in [3.63, 3.8) is 0 Å². The number of phenols is 1. The van der Waals surface area contributed by atoms with Crippen molar-refractivity contribution in [1.82, 2.24) is 16.0 Å². The van der Waals surface area contributed by atoms with E-state index in [4.69, 9.17) is 5.73 Å². The van der Waals surface area contributed by atoms with Crippen LogP contribution in [0.4, 0.5) is 0 Å². The molecule has 0 aliphatic carbocycles. The third-order valence-corrected chi connectivity index (χ3v) is 5.45. The van der Waals surface area contributed by atoms with E-state index in [0.29, 0.717) is 12.0 Å². The van der Waals surface area contributed by atoms with Gasteiger partial charge in [0, 0.05) is 6.42 Å². The standard InChI is InChI=1S/C23H36N4O6/c1-6-13(4)19(23(32)33)27-21(30)17(11-15-7-9-16(28)10-8-15)25-22(31)18(12(2)3)26-20(29)14(5)24/h7-10,12-14,17-19,28H,6,11,24H2,1-5H3,(H,25,31)(H,26,29)(H,27,30)(H,32,33). The summed E-state index contributed by atoms with van der Waals surface area (Å²) in [5.74, 6) is -3.51. The summed E-state index contributed by atoms with van der Waals surface area (Å²) in [6, 6.07) is 2.11. The third-order valence-electron chi connectivity index (χ3n) is 5.45. The zero-order chi connectivity index (χ0) is 25.3. The fourth-order valence-corrected chi connectivity index (χ4v) is 3.10. The van der Waals surface area contributed by atoms with Crippen LogP contribution in [0.1, 0.15) is 46.6 Å². The lowest BCUT2D eigenvalue weighted by atomic mass is 9.97. The Morgan fingerprint density at radius 2 is 1.42 bits per heavy atom. The summed E-state index contributed by atoms with van der Waals surface area (Å²) < 4.78 is 0. The minimum Gasteiger partial charge on any atom is -0.508 e. The number of hydrogen-bond donors (Lipinski definition) is 6. The van der Waals surface area contributed by atoms with Crippen molar-refractivity contribution in [3.8, 4) is 5.75 Å². The van der Waals surface area contributed by atoms with Crippen molar-refractivity contribution in [2.45, 2.75) is 71.6 Å². The Balaban J connectivity index is 3.15. The number of nitrogens with two attached hydrogens (primary N) is 1. The molecule has 0 bridgehead atoms. The summed E-state index contributed by atoms with van der Waals surface area (Å²) in [4.78, 5) is 49.8. The molecule has 10 heteroatoms. The Hall–Kier alpha value is -3.14. The number of rotatable bonds is 12. The van der Waals surface area contributed by atoms with E-state index in [9.17, 15) is 29.4 Å². The predicted molar refractivity (Wildman–Crippen MR) is 123 cm³/mol. The smallest absolute Gasteiger partial charge is 0.326 e. The molecular formula is C23H36N4O6. The number of nitrogens with one attached hydrogen (secondary N) is 3. The summed E-state index contributed by atoms with van der Waals surface area (Å²) >= 11 is 0. The predicted octanol–water partition coefficient (Wildman–Crippen LogP) is 0.523. The first-order valence-corrected chi connectivity index (χ1v) is 11.0. The van der Waals surface area contributed by atoms with E-state index in [2.05, 4.69) is 16.0 Å². The average Bonchev–Trinajstić information content (AvgIpc) is 2.75. The second-order valence-corrected chi connectivity index (χ2v) is 8.66. The van der Waals surface area contributed by atoms with Crippen molar-refractivity contribution in [2.75, 3.05) is 0 Å². The Kier molecular flexibility index (Phi) is 10.8. The lowest BCUT2D eigenvalue weighted by Crippen LogP contribution is -2.59. The molecule has 7 N–H and O–H groups in total. The number of benzene rings is 1. The second kappa shape index (κ2) is 12.8. The molecule has 0 aromatic heterocycles. The quantitative estimate of drug-likeness (QED) is 0.262. The zero-order valence-electron chi connectivity index (χ0n) is 19.8. The van der Waals surface area contributed by atoms with Crippen molar-refractivity contribution in [3.05, 3.63) is 29.8 Å². The van der Waals surface area contributed by atoms with Crippen LogP contribution < -0.4 is 21.7 Å². The van der Waals surface area contributed by atoms with Gasteiger partial charge in [0.1, 0.15) is 23.9 Å². The lowest BCUT2D eigenvalue weighted by molar-refractivity contribution is -0.143. The van der Waals surface area contributed by atoms with Crippen molar-refractivity contribution < 1.29 is 29.4 Å². The van der Waals surface area contributed by atoms with Gasteiger partial charge in [-0.25, -0.2) is 4.79 Å². The molecule has 1 aromatic carbocycles. The van der Waals surface area contributed by atoms with Crippen LogP contribution in [0.15, 0.2) is 24.3 Å². The number of carboxylic acid groups (broad SMARTS) is 1. The van der Waals surface area contributed by atoms with Crippen molar-refractivity contribution in [2.24, 2.45) is 17.6 Å². The highest BCUT2D eigenvalue weighted by Crippen LogP contribution is 2.13. The molecule has 5 unspecified atom stereocenters. The van der Waals surface area contributed by atoms with Crippen LogP contribution in [0.3, 0.4) is 0 Å². The average molecular weight is 465 g/mol. The highest BCUT2D eigenvalue weighted by Gasteiger charge is 2.32. The molecule has 3 amide bonds. The van der Waals surface area contributed by atoms with E-state index in [1.54, 1.807) is 32.9 Å². The molecule has 0 aliphatic heterocycles. The number of carbonyl (C=O) groups excluding carboxylic acids is 3. The molecule has 33 heavy (non-hydrogen) atoms. The zero-order valence-corrected chi connectivity index (χ0v) is 19.8. The number of carboxylic acids is 1. The number of hydrogen-bond acceptors (Lipinski definition) is 6. The van der Waals surface area contributed by atoms with Crippen LogP contribution in [-0.2, 0) is 25.6 Å². The van der Waals surface area contributed by atoms with Gasteiger partial charge in [-0.1, -0.05) is 46.2 Å². The first kappa shape index (κ1) is 27.9. The van der Waals surface area contributed by atoms with Gasteiger partial charge in [-0.05, 0) is 36.5 Å². The maximum atomic E-state index is 13.1. The number of phenolic OH excluding ortho intramolecular Hbond substituents is 1. The summed E-state index contributed by atoms with van der Waals surface area (Å²) in [5.41, 5.74) is 6.23. The molecule has 184 valence electrons. The molecule has 0 saturated carbocycles. The Morgan fingerprint density at radius 3 is 1.88 bits per heavy atom. The molecule has 0 aliphatic rings. The van der Waals surface area contributed by atoms with Crippen LogP contribution in [0.25, 0.3) is 0 Å². The van der Waals surface area contributed by atoms with Crippen LogP contribution in [0.2, 0.25) is 0 Å². The summed E-state index contributed by atoms with van der Waals surface area (Å²) in [6.07, 6.45) is 0.585. The lowest BCUT2D eigenvalue weighted by Gasteiger charge is -2.27. The number of amides is 3. The van der Waals surface area contributed by atoms with Gasteiger partial charge in [0.2, 0.25) is 17.7 Å². The summed E-state index contributed by atoms with van der Waals surface area (Å²) in [5, 5.41) is 26.8. The number of aromatic hydroxyl groups is 1. The van der Waals surface area contributed by atoms with E-state index in [0.717, 1.165) is 0 Å². The van der Waals surface area contributed by atoms with Crippen molar-refractivity contribution >= 4 is 23.7 Å². The highest BCUT2D eigenvalue weighted by atomic mass is 16.4. The minimum atomic E-state index is -1.17. The van der Waals surface area contributed by atoms with Crippen LogP contribution in [0, 0.1) is 11.8 Å². The number of aliphatic carboxylic acids is 1. The molecule has 1 rings (SSSR count). The van der Waals surface area contributed by atoms with Gasteiger partial charge in [0.15, 0.2) is 0 Å². The number of carbonyl (C=O) groups is 4. The van der Waals surface area contributed by atoms with E-state index >= 15 is 0 Å². The van der Waals surface area contributed by atoms with Crippen LogP contribution in [0.5, 0.6) is 5.75 Å². The molecule has 0 fully saturated rings. The van der Waals surface area contributed by atoms with Crippen molar-refractivity contribution in [1.29, 1.82) is 0 Å². The minimum absolute atomic E-state index is 0.0463. The summed E-state index contributed by atoms with van der Waals surface area (Å²) in [7, 11) is 0. The fourth-order valence-electron chi connectivity index (χ4n) is 3.10. The van der Waals surface area contributed by atoms with Gasteiger partial charge >= 0.3 is 5.97 Å². The molecule has 0 spiro atoms. The van der Waals surface area contributed by atoms with Gasteiger partial charge in [0.05, 0.1) is 6.04 Å². The molecule has 0 saturated heterocycles. The van der Waals surface area contributed by atoms with Gasteiger partial charge in [-0.3, -0.25) is 14.4 Å². The second-order valence-electron chi connectivity index (χ2n) is 8.66. The van der Waals surface area contributed by atoms with E-state index in [1.807, 2.05) is 6.92 Å². The van der Waals surface area contributed by atoms with Crippen LogP contribution >= 0.6 is 0 Å². The van der Waals surface area contributed by atoms with Gasteiger partial charge in [-0.15, -0.1) is 0 Å². The maximum Gasteiger partial charge on any atom is 0.326 e. The topological polar surface area (TPSA) is 171 Å².